The van der Waals surface area contributed by atoms with Crippen LogP contribution in [-0.2, 0) is 46.5 Å². The van der Waals surface area contributed by atoms with Gasteiger partial charge in [0.25, 0.3) is 5.91 Å². The van der Waals surface area contributed by atoms with Gasteiger partial charge in [-0.3, -0.25) is 38.5 Å². The number of carbonyl (C=O) groups is 7. The lowest BCUT2D eigenvalue weighted by molar-refractivity contribution is -0.149. The third kappa shape index (κ3) is 17.0. The Bertz CT molecular complexity index is 2190. The number of benzene rings is 2. The predicted octanol–water partition coefficient (Wildman–Crippen LogP) is 5.84. The highest BCUT2D eigenvalue weighted by molar-refractivity contribution is 7.09. The van der Waals surface area contributed by atoms with Crippen molar-refractivity contribution in [1.82, 2.24) is 30.7 Å². The first kappa shape index (κ1) is 55.9. The van der Waals surface area contributed by atoms with Gasteiger partial charge in [-0.25, -0.2) is 4.98 Å². The Morgan fingerprint density at radius 2 is 1.57 bits per heavy atom. The number of rotatable bonds is 25. The van der Waals surface area contributed by atoms with Crippen molar-refractivity contribution in [2.75, 3.05) is 18.9 Å². The molecule has 7 N–H and O–H groups in total. The van der Waals surface area contributed by atoms with E-state index in [9.17, 15) is 38.7 Å². The van der Waals surface area contributed by atoms with E-state index in [1.165, 1.54) is 6.92 Å². The lowest BCUT2D eigenvalue weighted by Crippen LogP contribution is -2.56. The summed E-state index contributed by atoms with van der Waals surface area (Å²) in [5.74, 6) is -4.17. The molecular weight excluding hydrogens is 901 g/mol. The van der Waals surface area contributed by atoms with E-state index in [1.807, 2.05) is 77.1 Å². The summed E-state index contributed by atoms with van der Waals surface area (Å²) in [6.07, 6.45) is 3.33. The second-order valence-corrected chi connectivity index (χ2v) is 19.9. The molecule has 18 heteroatoms. The van der Waals surface area contributed by atoms with Crippen LogP contribution < -0.4 is 27.0 Å². The number of likely N-dealkylation sites (tertiary alicyclic amines) is 1. The molecule has 0 spiro atoms. The molecule has 1 aliphatic rings. The van der Waals surface area contributed by atoms with E-state index in [2.05, 4.69) is 31.2 Å². The third-order valence-electron chi connectivity index (χ3n) is 12.6. The van der Waals surface area contributed by atoms with Crippen molar-refractivity contribution in [2.24, 2.45) is 23.5 Å². The minimum absolute atomic E-state index is 0.0735. The number of amides is 5. The van der Waals surface area contributed by atoms with Crippen LogP contribution in [0.15, 0.2) is 60.0 Å². The van der Waals surface area contributed by atoms with Crippen molar-refractivity contribution in [3.8, 4) is 0 Å². The molecule has 17 nitrogen and oxygen atoms in total. The summed E-state index contributed by atoms with van der Waals surface area (Å²) in [4.78, 5) is 100. The number of thiazole rings is 1. The van der Waals surface area contributed by atoms with Crippen LogP contribution in [0.25, 0.3) is 0 Å². The number of carboxylic acid groups (broad SMARTS) is 1. The molecule has 2 aromatic carbocycles. The van der Waals surface area contributed by atoms with Gasteiger partial charge in [0.2, 0.25) is 23.6 Å². The molecule has 0 aliphatic carbocycles. The molecule has 1 fully saturated rings. The first-order valence-corrected chi connectivity index (χ1v) is 25.0. The minimum Gasteiger partial charge on any atom is -0.481 e. The molecule has 1 aromatic heterocycles. The highest BCUT2D eigenvalue weighted by Gasteiger charge is 2.36. The summed E-state index contributed by atoms with van der Waals surface area (Å²) in [5, 5.41) is 23.1. The summed E-state index contributed by atoms with van der Waals surface area (Å²) in [5.41, 5.74) is 8.46. The highest BCUT2D eigenvalue weighted by Crippen LogP contribution is 2.31. The number of piperidine rings is 1. The quantitative estimate of drug-likeness (QED) is 0.0549. The van der Waals surface area contributed by atoms with Gasteiger partial charge in [0.1, 0.15) is 22.8 Å². The average molecular weight is 975 g/mol. The molecular formula is C51H74N8O9S. The van der Waals surface area contributed by atoms with Crippen LogP contribution in [0.3, 0.4) is 0 Å². The lowest BCUT2D eigenvalue weighted by Gasteiger charge is -2.37. The molecule has 8 atom stereocenters. The molecule has 4 rings (SSSR count). The Hall–Kier alpha value is -5.72. The number of carboxylic acids is 1. The predicted molar refractivity (Wildman–Crippen MR) is 266 cm³/mol. The second-order valence-electron chi connectivity index (χ2n) is 19.0. The van der Waals surface area contributed by atoms with Gasteiger partial charge in [-0.05, 0) is 80.7 Å². The minimum atomic E-state index is -0.963. The van der Waals surface area contributed by atoms with Gasteiger partial charge >= 0.3 is 11.9 Å². The van der Waals surface area contributed by atoms with Crippen molar-refractivity contribution in [2.45, 2.75) is 156 Å². The summed E-state index contributed by atoms with van der Waals surface area (Å²) < 4.78 is 5.81. The fourth-order valence-corrected chi connectivity index (χ4v) is 9.31. The zero-order chi connectivity index (χ0) is 50.9. The molecule has 5 amide bonds. The van der Waals surface area contributed by atoms with Crippen LogP contribution in [0.5, 0.6) is 0 Å². The summed E-state index contributed by atoms with van der Waals surface area (Å²) in [6.45, 7) is 15.2. The van der Waals surface area contributed by atoms with Crippen molar-refractivity contribution >= 4 is 58.5 Å². The van der Waals surface area contributed by atoms with Gasteiger partial charge in [-0.2, -0.15) is 0 Å². The Labute approximate surface area is 411 Å². The number of hydrogen-bond donors (Lipinski definition) is 6. The second kappa shape index (κ2) is 26.9. The Kier molecular flexibility index (Phi) is 21.8. The van der Waals surface area contributed by atoms with Crippen LogP contribution in [0.1, 0.15) is 133 Å². The molecule has 2 heterocycles. The number of anilines is 1. The standard InChI is InChI=1S/C51H74N8O9S/c1-10-16-39(56-47(63)41-19-14-15-24-59(41)28-36-20-22-37(23-21-36)54-45(61)33(7)53-48(64)44(52)31(4)5)50(65)58(9)42(30(2)3)27-43(68-34(8)60)49-57-40(29-69-49)46(62)55-38(25-32(6)51(66)67)26-35-17-12-11-13-18-35/h11-13,17-18,20-23,29-33,38-39,41-44H,10,14-16,19,24-28,52H2,1-9H3,(H,53,64)(H,54,61)(H,55,62)(H,56,63)(H,66,67)/t32-,33-,38+,39-,41+,42+,43+,44-/m0/s1. The number of ether oxygens (including phenoxy) is 1. The van der Waals surface area contributed by atoms with E-state index < -0.39 is 72.0 Å². The Morgan fingerprint density at radius 1 is 0.884 bits per heavy atom. The zero-order valence-corrected chi connectivity index (χ0v) is 42.5. The molecule has 0 radical (unpaired) electrons. The number of nitrogens with zero attached hydrogens (tertiary/aromatic N) is 3. The van der Waals surface area contributed by atoms with Crippen LogP contribution in [0.4, 0.5) is 5.69 Å². The topological polar surface area (TPSA) is 242 Å². The van der Waals surface area contributed by atoms with Crippen LogP contribution >= 0.6 is 11.3 Å². The molecule has 1 saturated heterocycles. The van der Waals surface area contributed by atoms with Gasteiger partial charge in [0.05, 0.1) is 18.0 Å². The lowest BCUT2D eigenvalue weighted by atomic mass is 9.95. The fraction of sp³-hybridized carbons (Fsp3) is 0.569. The number of esters is 1. The van der Waals surface area contributed by atoms with Crippen molar-refractivity contribution < 1.29 is 43.4 Å². The third-order valence-corrected chi connectivity index (χ3v) is 13.6. The number of carbonyl (C=O) groups excluding carboxylic acids is 6. The Morgan fingerprint density at radius 3 is 2.17 bits per heavy atom. The van der Waals surface area contributed by atoms with Gasteiger partial charge < -0.3 is 41.7 Å². The SMILES string of the molecule is CCC[C@H](NC(=O)[C@H]1CCCCN1Cc1ccc(NC(=O)[C@H](C)NC(=O)[C@@H](N)C(C)C)cc1)C(=O)N(C)[C@H](C[C@@H](OC(C)=O)c1nc(C(=O)N[C@@H](Cc2ccccc2)C[C@H](C)C(=O)O)cs1)C(C)C. The molecule has 0 bridgehead atoms. The van der Waals surface area contributed by atoms with Gasteiger partial charge in [0, 0.05) is 50.1 Å². The van der Waals surface area contributed by atoms with Gasteiger partial charge in [-0.1, -0.05) is 96.8 Å². The number of hydrogen-bond acceptors (Lipinski definition) is 12. The van der Waals surface area contributed by atoms with E-state index in [0.717, 1.165) is 35.3 Å². The maximum absolute atomic E-state index is 14.4. The number of likely N-dealkylation sites (N-methyl/N-ethyl adjacent to an activating group) is 1. The van der Waals surface area contributed by atoms with E-state index >= 15 is 0 Å². The molecule has 0 unspecified atom stereocenters. The highest BCUT2D eigenvalue weighted by atomic mass is 32.1. The van der Waals surface area contributed by atoms with Crippen LogP contribution in [-0.4, -0.2) is 111 Å². The average Bonchev–Trinajstić information content (AvgIpc) is 3.81. The fourth-order valence-electron chi connectivity index (χ4n) is 8.47. The molecule has 1 aliphatic heterocycles. The van der Waals surface area contributed by atoms with Gasteiger partial charge in [-0.15, -0.1) is 11.3 Å². The number of aliphatic carboxylic acids is 1. The van der Waals surface area contributed by atoms with Crippen molar-refractivity contribution in [1.29, 1.82) is 0 Å². The zero-order valence-electron chi connectivity index (χ0n) is 41.7. The maximum atomic E-state index is 14.4. The molecule has 3 aromatic rings. The molecule has 378 valence electrons. The summed E-state index contributed by atoms with van der Waals surface area (Å²) in [6, 6.07) is 13.1. The summed E-state index contributed by atoms with van der Waals surface area (Å²) >= 11 is 1.16. The first-order valence-electron chi connectivity index (χ1n) is 24.2. The van der Waals surface area contributed by atoms with Crippen molar-refractivity contribution in [3.63, 3.8) is 0 Å². The Balaban J connectivity index is 1.43. The normalized spacial score (nSPS) is 17.1. The van der Waals surface area contributed by atoms with Crippen molar-refractivity contribution in [3.05, 3.63) is 81.8 Å². The summed E-state index contributed by atoms with van der Waals surface area (Å²) in [7, 11) is 1.69. The van der Waals surface area contributed by atoms with Gasteiger partial charge in [0.15, 0.2) is 6.10 Å². The molecule has 0 saturated carbocycles. The van der Waals surface area contributed by atoms with Crippen LogP contribution in [0, 0.1) is 17.8 Å². The first-order chi connectivity index (χ1) is 32.7. The number of aromatic nitrogens is 1. The van der Waals surface area contributed by atoms with E-state index in [4.69, 9.17) is 10.5 Å². The molecule has 69 heavy (non-hydrogen) atoms. The van der Waals surface area contributed by atoms with E-state index in [0.29, 0.717) is 49.5 Å². The number of nitrogens with one attached hydrogen (secondary N) is 4. The van der Waals surface area contributed by atoms with Crippen LogP contribution in [0.2, 0.25) is 0 Å². The number of nitrogens with two attached hydrogens (primary N) is 1. The smallest absolute Gasteiger partial charge is 0.306 e. The maximum Gasteiger partial charge on any atom is 0.306 e. The monoisotopic (exact) mass is 975 g/mol. The largest absolute Gasteiger partial charge is 0.481 e. The van der Waals surface area contributed by atoms with E-state index in [1.54, 1.807) is 43.3 Å². The van der Waals surface area contributed by atoms with E-state index in [-0.39, 0.29) is 48.1 Å².